The summed E-state index contributed by atoms with van der Waals surface area (Å²) >= 11 is 0. The lowest BCUT2D eigenvalue weighted by Gasteiger charge is -2.13. The molecule has 6 nitrogen and oxygen atoms in total. The zero-order valence-corrected chi connectivity index (χ0v) is 16.0. The van der Waals surface area contributed by atoms with E-state index in [1.807, 2.05) is 42.6 Å². The molecule has 0 atom stereocenters. The third kappa shape index (κ3) is 3.45. The van der Waals surface area contributed by atoms with Crippen LogP contribution in [0.3, 0.4) is 0 Å². The molecule has 144 valence electrons. The van der Waals surface area contributed by atoms with Gasteiger partial charge in [-0.05, 0) is 36.2 Å². The van der Waals surface area contributed by atoms with Gasteiger partial charge in [0.25, 0.3) is 5.91 Å². The molecule has 1 aliphatic rings. The van der Waals surface area contributed by atoms with Crippen LogP contribution < -0.4 is 10.2 Å². The number of hydrogen-bond acceptors (Lipinski definition) is 3. The molecule has 28 heavy (non-hydrogen) atoms. The van der Waals surface area contributed by atoms with Crippen LogP contribution in [0.25, 0.3) is 10.9 Å². The first-order valence-corrected chi connectivity index (χ1v) is 9.46. The van der Waals surface area contributed by atoms with E-state index in [0.29, 0.717) is 30.3 Å². The number of nitrogens with zero attached hydrogens (tertiary/aromatic N) is 2. The monoisotopic (exact) mass is 377 g/mol. The molecule has 1 N–H and O–H groups in total. The number of carbonyl (C=O) groups excluding carboxylic acids is 2. The smallest absolute Gasteiger partial charge is 0.414 e. The Labute approximate surface area is 163 Å². The molecule has 2 heterocycles. The van der Waals surface area contributed by atoms with Crippen LogP contribution in [-0.4, -0.2) is 29.7 Å². The average Bonchev–Trinajstić information content (AvgIpc) is 3.26. The first kappa shape index (κ1) is 18.1. The number of benzene rings is 2. The van der Waals surface area contributed by atoms with Gasteiger partial charge in [-0.2, -0.15) is 0 Å². The van der Waals surface area contributed by atoms with E-state index in [-0.39, 0.29) is 12.0 Å². The standard InChI is InChI=1S/C22H23N3O3/c1-15(2)13-24-14-19(18-5-3-4-6-20(18)24)21(26)23-16-7-9-17(10-8-16)25-11-12-28-22(25)27/h3-10,14-15H,11-13H2,1-2H3,(H,23,26). The van der Waals surface area contributed by atoms with E-state index in [1.54, 1.807) is 17.0 Å². The molecule has 6 heteroatoms. The van der Waals surface area contributed by atoms with Crippen molar-refractivity contribution in [2.75, 3.05) is 23.4 Å². The fourth-order valence-corrected chi connectivity index (χ4v) is 3.52. The third-order valence-electron chi connectivity index (χ3n) is 4.79. The second-order valence-corrected chi connectivity index (χ2v) is 7.37. The zero-order chi connectivity index (χ0) is 19.7. The van der Waals surface area contributed by atoms with Crippen molar-refractivity contribution in [3.63, 3.8) is 0 Å². The number of hydrogen-bond donors (Lipinski definition) is 1. The molecule has 3 aromatic rings. The number of amides is 2. The van der Waals surface area contributed by atoms with E-state index < -0.39 is 0 Å². The summed E-state index contributed by atoms with van der Waals surface area (Å²) in [4.78, 5) is 26.1. The molecule has 4 rings (SSSR count). The molecule has 1 aliphatic heterocycles. The minimum absolute atomic E-state index is 0.146. The number of cyclic esters (lactones) is 1. The van der Waals surface area contributed by atoms with Crippen LogP contribution in [0.15, 0.2) is 54.7 Å². The second-order valence-electron chi connectivity index (χ2n) is 7.37. The van der Waals surface area contributed by atoms with Gasteiger partial charge in [0.15, 0.2) is 0 Å². The van der Waals surface area contributed by atoms with Gasteiger partial charge in [-0.25, -0.2) is 4.79 Å². The number of fused-ring (bicyclic) bond motifs is 1. The normalized spacial score (nSPS) is 14.0. The maximum atomic E-state index is 12.9. The average molecular weight is 377 g/mol. The van der Waals surface area contributed by atoms with E-state index in [2.05, 4.69) is 23.7 Å². The SMILES string of the molecule is CC(C)Cn1cc(C(=O)Nc2ccc(N3CCOC3=O)cc2)c2ccccc21. The van der Waals surface area contributed by atoms with Crippen molar-refractivity contribution in [1.82, 2.24) is 4.57 Å². The van der Waals surface area contributed by atoms with Crippen LogP contribution in [0.1, 0.15) is 24.2 Å². The Bertz CT molecular complexity index is 1020. The lowest BCUT2D eigenvalue weighted by Crippen LogP contribution is -2.23. The summed E-state index contributed by atoms with van der Waals surface area (Å²) in [5.74, 6) is 0.337. The maximum Gasteiger partial charge on any atom is 0.414 e. The molecule has 0 spiro atoms. The van der Waals surface area contributed by atoms with Crippen LogP contribution in [-0.2, 0) is 11.3 Å². The molecule has 0 aliphatic carbocycles. The van der Waals surface area contributed by atoms with Gasteiger partial charge in [0.1, 0.15) is 6.61 Å². The summed E-state index contributed by atoms with van der Waals surface area (Å²) in [5, 5.41) is 3.90. The summed E-state index contributed by atoms with van der Waals surface area (Å²) in [6.07, 6.45) is 1.59. The molecule has 1 aromatic heterocycles. The van der Waals surface area contributed by atoms with Crippen LogP contribution in [0.5, 0.6) is 0 Å². The molecular weight excluding hydrogens is 354 g/mol. The summed E-state index contributed by atoms with van der Waals surface area (Å²) < 4.78 is 7.09. The fraction of sp³-hybridized carbons (Fsp3) is 0.273. The number of nitrogens with one attached hydrogen (secondary N) is 1. The number of aromatic nitrogens is 1. The van der Waals surface area contributed by atoms with E-state index in [9.17, 15) is 9.59 Å². The number of carbonyl (C=O) groups is 2. The predicted molar refractivity (Wildman–Crippen MR) is 110 cm³/mol. The Morgan fingerprint density at radius 2 is 1.89 bits per heavy atom. The number of ether oxygens (including phenoxy) is 1. The predicted octanol–water partition coefficient (Wildman–Crippen LogP) is 4.51. The first-order valence-electron chi connectivity index (χ1n) is 9.46. The molecule has 2 aromatic carbocycles. The Morgan fingerprint density at radius 1 is 1.14 bits per heavy atom. The molecule has 0 unspecified atom stereocenters. The highest BCUT2D eigenvalue weighted by Crippen LogP contribution is 2.25. The van der Waals surface area contributed by atoms with Crippen molar-refractivity contribution < 1.29 is 14.3 Å². The lowest BCUT2D eigenvalue weighted by molar-refractivity contribution is 0.102. The Morgan fingerprint density at radius 3 is 2.57 bits per heavy atom. The summed E-state index contributed by atoms with van der Waals surface area (Å²) in [5.41, 5.74) is 3.16. The molecule has 0 saturated carbocycles. The van der Waals surface area contributed by atoms with Crippen molar-refractivity contribution in [3.05, 3.63) is 60.3 Å². The van der Waals surface area contributed by atoms with Crippen molar-refractivity contribution in [3.8, 4) is 0 Å². The molecular formula is C22H23N3O3. The quantitative estimate of drug-likeness (QED) is 0.712. The van der Waals surface area contributed by atoms with Gasteiger partial charge in [-0.1, -0.05) is 32.0 Å². The summed E-state index contributed by atoms with van der Waals surface area (Å²) in [7, 11) is 0. The van der Waals surface area contributed by atoms with Crippen LogP contribution in [0, 0.1) is 5.92 Å². The van der Waals surface area contributed by atoms with Gasteiger partial charge in [0.05, 0.1) is 12.1 Å². The highest BCUT2D eigenvalue weighted by atomic mass is 16.6. The fourth-order valence-electron chi connectivity index (χ4n) is 3.52. The second kappa shape index (κ2) is 7.38. The Balaban J connectivity index is 1.56. The lowest BCUT2D eigenvalue weighted by atomic mass is 10.1. The van der Waals surface area contributed by atoms with Gasteiger partial charge in [-0.15, -0.1) is 0 Å². The minimum atomic E-state index is -0.338. The van der Waals surface area contributed by atoms with E-state index in [4.69, 9.17) is 4.74 Å². The molecule has 1 saturated heterocycles. The van der Waals surface area contributed by atoms with Gasteiger partial charge < -0.3 is 14.6 Å². The molecule has 2 amide bonds. The summed E-state index contributed by atoms with van der Waals surface area (Å²) in [6, 6.07) is 15.2. The van der Waals surface area contributed by atoms with Crippen molar-refractivity contribution in [1.29, 1.82) is 0 Å². The third-order valence-corrected chi connectivity index (χ3v) is 4.79. The Kier molecular flexibility index (Phi) is 4.77. The number of rotatable bonds is 5. The zero-order valence-electron chi connectivity index (χ0n) is 16.0. The highest BCUT2D eigenvalue weighted by molar-refractivity contribution is 6.13. The maximum absolute atomic E-state index is 12.9. The van der Waals surface area contributed by atoms with Crippen LogP contribution >= 0.6 is 0 Å². The van der Waals surface area contributed by atoms with E-state index >= 15 is 0 Å². The first-order chi connectivity index (χ1) is 13.5. The molecule has 0 radical (unpaired) electrons. The van der Waals surface area contributed by atoms with Gasteiger partial charge in [0, 0.05) is 35.0 Å². The van der Waals surface area contributed by atoms with Crippen molar-refractivity contribution in [2.45, 2.75) is 20.4 Å². The largest absolute Gasteiger partial charge is 0.447 e. The minimum Gasteiger partial charge on any atom is -0.447 e. The van der Waals surface area contributed by atoms with Crippen LogP contribution in [0.4, 0.5) is 16.2 Å². The number of anilines is 2. The van der Waals surface area contributed by atoms with E-state index in [1.165, 1.54) is 0 Å². The highest BCUT2D eigenvalue weighted by Gasteiger charge is 2.23. The molecule has 0 bridgehead atoms. The number of para-hydroxylation sites is 1. The topological polar surface area (TPSA) is 63.6 Å². The van der Waals surface area contributed by atoms with Gasteiger partial charge >= 0.3 is 6.09 Å². The van der Waals surface area contributed by atoms with E-state index in [0.717, 1.165) is 23.1 Å². The van der Waals surface area contributed by atoms with Crippen molar-refractivity contribution >= 4 is 34.3 Å². The Hall–Kier alpha value is -3.28. The van der Waals surface area contributed by atoms with Crippen molar-refractivity contribution in [2.24, 2.45) is 5.92 Å². The molecule has 1 fully saturated rings. The van der Waals surface area contributed by atoms with Gasteiger partial charge in [0.2, 0.25) is 0 Å². The summed E-state index contributed by atoms with van der Waals surface area (Å²) in [6.45, 7) is 6.12. The van der Waals surface area contributed by atoms with Crippen LogP contribution in [0.2, 0.25) is 0 Å². The van der Waals surface area contributed by atoms with Gasteiger partial charge in [-0.3, -0.25) is 9.69 Å².